The van der Waals surface area contributed by atoms with E-state index in [-0.39, 0.29) is 11.9 Å². The van der Waals surface area contributed by atoms with Crippen LogP contribution in [0.2, 0.25) is 0 Å². The number of nitrogens with one attached hydrogen (secondary N) is 1. The van der Waals surface area contributed by atoms with Crippen molar-refractivity contribution in [3.8, 4) is 11.5 Å². The van der Waals surface area contributed by atoms with Gasteiger partial charge in [0.1, 0.15) is 17.8 Å². The molecule has 2 fully saturated rings. The van der Waals surface area contributed by atoms with E-state index in [1.807, 2.05) is 22.9 Å². The summed E-state index contributed by atoms with van der Waals surface area (Å²) in [6.45, 7) is 5.79. The highest BCUT2D eigenvalue weighted by molar-refractivity contribution is 5.94. The summed E-state index contributed by atoms with van der Waals surface area (Å²) in [7, 11) is 0. The van der Waals surface area contributed by atoms with E-state index in [4.69, 9.17) is 4.74 Å². The lowest BCUT2D eigenvalue weighted by atomic mass is 10.2. The number of amides is 1. The lowest BCUT2D eigenvalue weighted by molar-refractivity contribution is -0.128. The van der Waals surface area contributed by atoms with Crippen LogP contribution in [0.25, 0.3) is 11.5 Å². The number of rotatable bonds is 6. The normalized spacial score (nSPS) is 18.7. The zero-order chi connectivity index (χ0) is 22.1. The van der Waals surface area contributed by atoms with Gasteiger partial charge in [-0.05, 0) is 51.0 Å². The Morgan fingerprint density at radius 1 is 1.22 bits per heavy atom. The predicted molar refractivity (Wildman–Crippen MR) is 120 cm³/mol. The van der Waals surface area contributed by atoms with Crippen molar-refractivity contribution in [2.24, 2.45) is 0 Å². The standard InChI is InChI=1S/C23H27N7O2/c1-15(2)30-14-25-28-22(30)19-4-3-5-21(26-19)27-23(31)20-13-29(10-11-32-20)17-8-9-18(24-12-17)16-6-7-16/h3-5,8-9,12,14-16,20H,6-7,10-11,13H2,1-2H3,(H,26,27,31)/t20-/m1/s1. The molecule has 1 N–H and O–H groups in total. The number of carbonyl (C=O) groups is 1. The van der Waals surface area contributed by atoms with Gasteiger partial charge in [0.25, 0.3) is 5.91 Å². The second kappa shape index (κ2) is 8.66. The van der Waals surface area contributed by atoms with Gasteiger partial charge in [-0.15, -0.1) is 10.2 Å². The quantitative estimate of drug-likeness (QED) is 0.638. The first-order valence-corrected chi connectivity index (χ1v) is 11.1. The molecule has 166 valence electrons. The van der Waals surface area contributed by atoms with E-state index in [2.05, 4.69) is 56.4 Å². The van der Waals surface area contributed by atoms with Gasteiger partial charge in [0.2, 0.25) is 0 Å². The van der Waals surface area contributed by atoms with Crippen LogP contribution in [-0.4, -0.2) is 56.4 Å². The van der Waals surface area contributed by atoms with Gasteiger partial charge in [-0.2, -0.15) is 0 Å². The SMILES string of the molecule is CC(C)n1cnnc1-c1cccc(NC(=O)[C@H]2CN(c3ccc(C4CC4)nc3)CCO2)n1. The lowest BCUT2D eigenvalue weighted by Gasteiger charge is -2.33. The smallest absolute Gasteiger partial charge is 0.256 e. The number of ether oxygens (including phenoxy) is 1. The molecule has 9 heteroatoms. The number of aromatic nitrogens is 5. The summed E-state index contributed by atoms with van der Waals surface area (Å²) < 4.78 is 7.70. The minimum atomic E-state index is -0.586. The highest BCUT2D eigenvalue weighted by Crippen LogP contribution is 2.39. The highest BCUT2D eigenvalue weighted by atomic mass is 16.5. The van der Waals surface area contributed by atoms with Gasteiger partial charge in [-0.1, -0.05) is 6.07 Å². The molecule has 1 aliphatic carbocycles. The Morgan fingerprint density at radius 2 is 2.09 bits per heavy atom. The Bertz CT molecular complexity index is 1090. The van der Waals surface area contributed by atoms with Crippen LogP contribution in [-0.2, 0) is 9.53 Å². The molecule has 5 rings (SSSR count). The van der Waals surface area contributed by atoms with Crippen molar-refractivity contribution in [1.29, 1.82) is 0 Å². The second-order valence-corrected chi connectivity index (χ2v) is 8.57. The van der Waals surface area contributed by atoms with Crippen LogP contribution in [0, 0.1) is 0 Å². The molecule has 1 saturated carbocycles. The monoisotopic (exact) mass is 433 g/mol. The fourth-order valence-corrected chi connectivity index (χ4v) is 3.89. The van der Waals surface area contributed by atoms with Gasteiger partial charge in [0.15, 0.2) is 11.9 Å². The molecule has 2 aliphatic rings. The second-order valence-electron chi connectivity index (χ2n) is 8.57. The van der Waals surface area contributed by atoms with Gasteiger partial charge < -0.3 is 19.5 Å². The van der Waals surface area contributed by atoms with Gasteiger partial charge in [0.05, 0.1) is 25.0 Å². The van der Waals surface area contributed by atoms with Crippen LogP contribution in [0.3, 0.4) is 0 Å². The molecule has 3 aromatic heterocycles. The van der Waals surface area contributed by atoms with E-state index < -0.39 is 6.10 Å². The summed E-state index contributed by atoms with van der Waals surface area (Å²) in [4.78, 5) is 24.2. The first-order chi connectivity index (χ1) is 15.6. The number of morpholine rings is 1. The summed E-state index contributed by atoms with van der Waals surface area (Å²) in [5.74, 6) is 1.54. The average Bonchev–Trinajstić information content (AvgIpc) is 3.55. The largest absolute Gasteiger partial charge is 0.365 e. The van der Waals surface area contributed by atoms with Crippen molar-refractivity contribution in [2.45, 2.75) is 44.8 Å². The summed E-state index contributed by atoms with van der Waals surface area (Å²) in [6, 6.07) is 9.86. The number of hydrogen-bond donors (Lipinski definition) is 1. The molecule has 0 radical (unpaired) electrons. The first kappa shape index (κ1) is 20.6. The van der Waals surface area contributed by atoms with E-state index in [0.717, 1.165) is 17.9 Å². The molecule has 3 aromatic rings. The molecule has 0 unspecified atom stereocenters. The minimum Gasteiger partial charge on any atom is -0.365 e. The molecule has 0 aromatic carbocycles. The molecule has 1 atom stereocenters. The van der Waals surface area contributed by atoms with Crippen molar-refractivity contribution >= 4 is 17.4 Å². The Labute approximate surface area is 186 Å². The molecule has 1 saturated heterocycles. The van der Waals surface area contributed by atoms with Gasteiger partial charge in [-0.25, -0.2) is 4.98 Å². The fraction of sp³-hybridized carbons (Fsp3) is 0.435. The fourth-order valence-electron chi connectivity index (χ4n) is 3.89. The van der Waals surface area contributed by atoms with E-state index in [1.165, 1.54) is 12.8 Å². The molecular formula is C23H27N7O2. The molecule has 0 bridgehead atoms. The zero-order valence-corrected chi connectivity index (χ0v) is 18.3. The maximum absolute atomic E-state index is 12.9. The number of carbonyl (C=O) groups excluding carboxylic acids is 1. The number of hydrogen-bond acceptors (Lipinski definition) is 7. The van der Waals surface area contributed by atoms with Crippen molar-refractivity contribution in [1.82, 2.24) is 24.7 Å². The maximum atomic E-state index is 12.9. The van der Waals surface area contributed by atoms with Crippen molar-refractivity contribution in [3.63, 3.8) is 0 Å². The maximum Gasteiger partial charge on any atom is 0.256 e. The molecule has 32 heavy (non-hydrogen) atoms. The average molecular weight is 434 g/mol. The predicted octanol–water partition coefficient (Wildman–Crippen LogP) is 3.04. The molecule has 0 spiro atoms. The molecule has 1 amide bonds. The summed E-state index contributed by atoms with van der Waals surface area (Å²) in [5, 5.41) is 11.1. The van der Waals surface area contributed by atoms with Crippen LogP contribution in [0.15, 0.2) is 42.9 Å². The van der Waals surface area contributed by atoms with Crippen LogP contribution in [0.1, 0.15) is 44.3 Å². The Balaban J connectivity index is 1.26. The van der Waals surface area contributed by atoms with Gasteiger partial charge in [0, 0.05) is 24.2 Å². The van der Waals surface area contributed by atoms with Crippen LogP contribution >= 0.6 is 0 Å². The number of pyridine rings is 2. The van der Waals surface area contributed by atoms with E-state index in [0.29, 0.717) is 36.4 Å². The Morgan fingerprint density at radius 3 is 2.84 bits per heavy atom. The van der Waals surface area contributed by atoms with Gasteiger partial charge in [-0.3, -0.25) is 9.78 Å². The van der Waals surface area contributed by atoms with Crippen LogP contribution in [0.4, 0.5) is 11.5 Å². The topological polar surface area (TPSA) is 98.1 Å². The minimum absolute atomic E-state index is 0.203. The molecule has 1 aliphatic heterocycles. The van der Waals surface area contributed by atoms with E-state index in [1.54, 1.807) is 12.4 Å². The third kappa shape index (κ3) is 4.34. The van der Waals surface area contributed by atoms with E-state index in [9.17, 15) is 4.79 Å². The lowest BCUT2D eigenvalue weighted by Crippen LogP contribution is -2.48. The Hall–Kier alpha value is -3.33. The van der Waals surface area contributed by atoms with Crippen molar-refractivity contribution in [2.75, 3.05) is 29.9 Å². The Kier molecular flexibility index (Phi) is 5.57. The van der Waals surface area contributed by atoms with Crippen LogP contribution in [0.5, 0.6) is 0 Å². The molecule has 9 nitrogen and oxygen atoms in total. The summed E-state index contributed by atoms with van der Waals surface area (Å²) >= 11 is 0. The summed E-state index contributed by atoms with van der Waals surface area (Å²) in [5.41, 5.74) is 2.83. The van der Waals surface area contributed by atoms with Crippen LogP contribution < -0.4 is 10.2 Å². The number of anilines is 2. The first-order valence-electron chi connectivity index (χ1n) is 11.1. The third-order valence-electron chi connectivity index (χ3n) is 5.85. The van der Waals surface area contributed by atoms with E-state index >= 15 is 0 Å². The molecule has 4 heterocycles. The third-order valence-corrected chi connectivity index (χ3v) is 5.85. The van der Waals surface area contributed by atoms with Crippen molar-refractivity contribution < 1.29 is 9.53 Å². The zero-order valence-electron chi connectivity index (χ0n) is 18.3. The summed E-state index contributed by atoms with van der Waals surface area (Å²) in [6.07, 6.45) is 5.47. The highest BCUT2D eigenvalue weighted by Gasteiger charge is 2.29. The molecular weight excluding hydrogens is 406 g/mol. The van der Waals surface area contributed by atoms with Gasteiger partial charge >= 0.3 is 0 Å². The number of nitrogens with zero attached hydrogens (tertiary/aromatic N) is 6. The van der Waals surface area contributed by atoms with Crippen molar-refractivity contribution in [3.05, 3.63) is 48.5 Å².